The Kier molecular flexibility index (Phi) is 5.41. The third-order valence-corrected chi connectivity index (χ3v) is 14.3. The standard InChI is InChI=1S/C35H48BN3O/c1-2-10-22(11-3-1)36-24-18-17-21-9-8-15-27-31(21)34(24)39(35-37-25-13-5-6-14-26(25)38(27)35)28-19-20-30-32(33(28)36)23-12-4-7-16-29(23)40-30/h1-3,10-11,21,23-34H,4-9,12-20H2. The summed E-state index contributed by atoms with van der Waals surface area (Å²) in [6.45, 7) is 0.698. The molecule has 0 aromatic heterocycles. The molecule has 0 amide bonds. The van der Waals surface area contributed by atoms with E-state index < -0.39 is 0 Å². The fourth-order valence-electron chi connectivity index (χ4n) is 13.3. The van der Waals surface area contributed by atoms with Gasteiger partial charge < -0.3 is 14.5 Å². The van der Waals surface area contributed by atoms with E-state index in [0.29, 0.717) is 43.1 Å². The van der Waals surface area contributed by atoms with E-state index in [4.69, 9.17) is 9.73 Å². The van der Waals surface area contributed by atoms with Crippen molar-refractivity contribution >= 4 is 18.1 Å². The summed E-state index contributed by atoms with van der Waals surface area (Å²) in [7, 11) is 0. The fourth-order valence-corrected chi connectivity index (χ4v) is 13.3. The molecule has 13 unspecified atom stereocenters. The summed E-state index contributed by atoms with van der Waals surface area (Å²) in [5, 5.41) is 0. The molecule has 1 aromatic carbocycles. The van der Waals surface area contributed by atoms with Gasteiger partial charge in [0.05, 0.1) is 24.3 Å². The molecule has 9 aliphatic rings. The van der Waals surface area contributed by atoms with Crippen LogP contribution in [0.5, 0.6) is 0 Å². The van der Waals surface area contributed by atoms with E-state index in [-0.39, 0.29) is 0 Å². The third-order valence-electron chi connectivity index (χ3n) is 14.3. The van der Waals surface area contributed by atoms with Crippen LogP contribution in [0.2, 0.25) is 11.6 Å². The van der Waals surface area contributed by atoms with Gasteiger partial charge in [0, 0.05) is 24.0 Å². The molecule has 1 aromatic rings. The molecule has 4 nitrogen and oxygen atoms in total. The van der Waals surface area contributed by atoms with Gasteiger partial charge in [0.1, 0.15) is 0 Å². The average molecular weight is 538 g/mol. The molecule has 3 saturated heterocycles. The van der Waals surface area contributed by atoms with Crippen LogP contribution in [0.25, 0.3) is 0 Å². The highest BCUT2D eigenvalue weighted by atomic mass is 16.5. The van der Waals surface area contributed by atoms with E-state index in [2.05, 4.69) is 40.1 Å². The zero-order valence-corrected chi connectivity index (χ0v) is 24.3. The lowest BCUT2D eigenvalue weighted by molar-refractivity contribution is -0.0674. The van der Waals surface area contributed by atoms with Gasteiger partial charge in [-0.15, -0.1) is 0 Å². The number of nitrogens with zero attached hydrogens (tertiary/aromatic N) is 3. The molecule has 4 heterocycles. The normalized spacial score (nSPS) is 50.1. The van der Waals surface area contributed by atoms with Crippen LogP contribution >= 0.6 is 0 Å². The van der Waals surface area contributed by atoms with Gasteiger partial charge in [0.2, 0.25) is 0 Å². The van der Waals surface area contributed by atoms with Crippen molar-refractivity contribution in [1.82, 2.24) is 9.80 Å². The summed E-state index contributed by atoms with van der Waals surface area (Å²) >= 11 is 0. The van der Waals surface area contributed by atoms with Crippen LogP contribution in [0, 0.1) is 23.7 Å². The Labute approximate surface area is 241 Å². The molecule has 40 heavy (non-hydrogen) atoms. The molecule has 0 spiro atoms. The second kappa shape index (κ2) is 9.01. The monoisotopic (exact) mass is 537 g/mol. The Morgan fingerprint density at radius 2 is 1.52 bits per heavy atom. The molecule has 0 N–H and O–H groups in total. The van der Waals surface area contributed by atoms with Gasteiger partial charge in [-0.05, 0) is 80.8 Å². The minimum atomic E-state index is 0.505. The Morgan fingerprint density at radius 1 is 0.675 bits per heavy atom. The van der Waals surface area contributed by atoms with Crippen molar-refractivity contribution in [3.05, 3.63) is 30.3 Å². The zero-order chi connectivity index (χ0) is 25.9. The molecule has 0 radical (unpaired) electrons. The highest BCUT2D eigenvalue weighted by Crippen LogP contribution is 2.63. The second-order valence-electron chi connectivity index (χ2n) is 15.6. The molecular formula is C35H48BN3O. The lowest BCUT2D eigenvalue weighted by Crippen LogP contribution is -2.77. The Morgan fingerprint density at radius 3 is 2.48 bits per heavy atom. The van der Waals surface area contributed by atoms with E-state index in [1.807, 2.05) is 0 Å². The number of hydrogen-bond donors (Lipinski definition) is 0. The first-order valence-corrected chi connectivity index (χ1v) is 17.7. The molecule has 10 rings (SSSR count). The molecule has 0 bridgehead atoms. The van der Waals surface area contributed by atoms with Crippen molar-refractivity contribution in [2.75, 3.05) is 0 Å². The number of aliphatic imine (C=N–C) groups is 1. The summed E-state index contributed by atoms with van der Waals surface area (Å²) in [4.78, 5) is 11.9. The Hall–Kier alpha value is -1.49. The Bertz CT molecular complexity index is 1170. The average Bonchev–Trinajstić information content (AvgIpc) is 3.59. The van der Waals surface area contributed by atoms with Crippen molar-refractivity contribution in [1.29, 1.82) is 0 Å². The number of hydrogen-bond acceptors (Lipinski definition) is 4. The number of fused-ring (bicyclic) bond motifs is 11. The fraction of sp³-hybridized carbons (Fsp3) is 0.800. The van der Waals surface area contributed by atoms with Crippen LogP contribution in [0.4, 0.5) is 0 Å². The molecule has 5 heteroatoms. The summed E-state index contributed by atoms with van der Waals surface area (Å²) in [6, 6.07) is 15.4. The number of benzene rings is 1. The molecule has 4 aliphatic heterocycles. The SMILES string of the molecule is c1ccc(B2C3CCC4CCCC5C4C3N(C3=NC4CCCCC4N35)C3CCC4OC5CCCCC5C4C23)cc1. The highest BCUT2D eigenvalue weighted by molar-refractivity contribution is 6.76. The van der Waals surface area contributed by atoms with Crippen molar-refractivity contribution in [2.45, 2.75) is 150 Å². The first kappa shape index (κ1) is 24.0. The first-order chi connectivity index (χ1) is 19.9. The minimum Gasteiger partial charge on any atom is -0.374 e. The number of ether oxygens (including phenoxy) is 1. The van der Waals surface area contributed by atoms with Gasteiger partial charge in [0.25, 0.3) is 0 Å². The van der Waals surface area contributed by atoms with Gasteiger partial charge in [-0.2, -0.15) is 0 Å². The molecule has 212 valence electrons. The van der Waals surface area contributed by atoms with E-state index in [0.717, 1.165) is 41.3 Å². The minimum absolute atomic E-state index is 0.505. The zero-order valence-electron chi connectivity index (χ0n) is 24.3. The number of guanidine groups is 1. The van der Waals surface area contributed by atoms with E-state index in [1.54, 1.807) is 5.46 Å². The highest BCUT2D eigenvalue weighted by Gasteiger charge is 2.68. The number of rotatable bonds is 1. The second-order valence-corrected chi connectivity index (χ2v) is 15.6. The summed E-state index contributed by atoms with van der Waals surface area (Å²) in [5.41, 5.74) is 1.66. The van der Waals surface area contributed by atoms with Gasteiger partial charge in [-0.1, -0.05) is 80.7 Å². The van der Waals surface area contributed by atoms with Crippen LogP contribution in [0.15, 0.2) is 35.3 Å². The molecule has 13 atom stereocenters. The third kappa shape index (κ3) is 3.17. The van der Waals surface area contributed by atoms with Crippen molar-refractivity contribution in [3.63, 3.8) is 0 Å². The van der Waals surface area contributed by atoms with Crippen LogP contribution < -0.4 is 5.46 Å². The maximum absolute atomic E-state index is 7.01. The quantitative estimate of drug-likeness (QED) is 0.404. The Balaban J connectivity index is 1.15. The van der Waals surface area contributed by atoms with E-state index in [1.165, 1.54) is 102 Å². The van der Waals surface area contributed by atoms with Crippen molar-refractivity contribution in [2.24, 2.45) is 28.7 Å². The van der Waals surface area contributed by atoms with Gasteiger partial charge in [-0.25, -0.2) is 4.99 Å². The lowest BCUT2D eigenvalue weighted by atomic mass is 9.21. The lowest BCUT2D eigenvalue weighted by Gasteiger charge is -2.68. The van der Waals surface area contributed by atoms with Crippen molar-refractivity contribution in [3.8, 4) is 0 Å². The van der Waals surface area contributed by atoms with E-state index in [9.17, 15) is 0 Å². The largest absolute Gasteiger partial charge is 0.374 e. The van der Waals surface area contributed by atoms with Crippen LogP contribution in [-0.2, 0) is 4.74 Å². The molecule has 5 saturated carbocycles. The topological polar surface area (TPSA) is 28.1 Å². The van der Waals surface area contributed by atoms with Crippen LogP contribution in [0.3, 0.4) is 0 Å². The molecule has 5 aliphatic carbocycles. The van der Waals surface area contributed by atoms with Gasteiger partial charge in [-0.3, -0.25) is 0 Å². The summed E-state index contributed by atoms with van der Waals surface area (Å²) < 4.78 is 7.01. The maximum atomic E-state index is 7.01. The maximum Gasteiger partial charge on any atom is 0.198 e. The van der Waals surface area contributed by atoms with Gasteiger partial charge >= 0.3 is 0 Å². The summed E-state index contributed by atoms with van der Waals surface area (Å²) in [6.07, 6.45) is 22.0. The predicted octanol–water partition coefficient (Wildman–Crippen LogP) is 6.12. The molecular weight excluding hydrogens is 489 g/mol. The van der Waals surface area contributed by atoms with Crippen molar-refractivity contribution < 1.29 is 4.74 Å². The smallest absolute Gasteiger partial charge is 0.198 e. The van der Waals surface area contributed by atoms with E-state index >= 15 is 0 Å². The molecule has 8 fully saturated rings. The van der Waals surface area contributed by atoms with Crippen LogP contribution in [-0.4, -0.2) is 64.9 Å². The first-order valence-electron chi connectivity index (χ1n) is 17.7. The predicted molar refractivity (Wildman–Crippen MR) is 161 cm³/mol. The summed E-state index contributed by atoms with van der Waals surface area (Å²) in [5.74, 6) is 6.35. The van der Waals surface area contributed by atoms with Gasteiger partial charge in [0.15, 0.2) is 12.7 Å². The van der Waals surface area contributed by atoms with Crippen LogP contribution in [0.1, 0.15) is 96.3 Å².